The summed E-state index contributed by atoms with van der Waals surface area (Å²) in [5.41, 5.74) is 0. The third-order valence-corrected chi connectivity index (χ3v) is 1.61. The number of unbranched alkanes of at least 4 members (excludes halogenated alkanes) is 1. The van der Waals surface area contributed by atoms with Gasteiger partial charge in [-0.2, -0.15) is 10.3 Å². The zero-order chi connectivity index (χ0) is 8.69. The van der Waals surface area contributed by atoms with Gasteiger partial charge in [0.1, 0.15) is 5.84 Å². The molecular formula is C8H15N3. The molecule has 0 fully saturated rings. The Bertz CT molecular complexity index is 167. The van der Waals surface area contributed by atoms with E-state index in [9.17, 15) is 0 Å². The van der Waals surface area contributed by atoms with E-state index in [1.807, 2.05) is 18.9 Å². The highest BCUT2D eigenvalue weighted by Crippen LogP contribution is 1.92. The Morgan fingerprint density at radius 1 is 1.64 bits per heavy atom. The first-order valence-electron chi connectivity index (χ1n) is 3.86. The monoisotopic (exact) mass is 153 g/mol. The highest BCUT2D eigenvalue weighted by Gasteiger charge is 1.97. The fourth-order valence-corrected chi connectivity index (χ4v) is 0.715. The van der Waals surface area contributed by atoms with Crippen LogP contribution >= 0.6 is 0 Å². The van der Waals surface area contributed by atoms with Crippen molar-refractivity contribution in [2.45, 2.75) is 26.7 Å². The van der Waals surface area contributed by atoms with Gasteiger partial charge in [-0.1, -0.05) is 13.3 Å². The summed E-state index contributed by atoms with van der Waals surface area (Å²) in [5.74, 6) is 0.793. The van der Waals surface area contributed by atoms with Gasteiger partial charge in [0.05, 0.1) is 0 Å². The summed E-state index contributed by atoms with van der Waals surface area (Å²) in [5, 5.41) is 8.25. The molecule has 0 aromatic heterocycles. The highest BCUT2D eigenvalue weighted by atomic mass is 15.1. The molecule has 0 bridgehead atoms. The Morgan fingerprint density at radius 2 is 2.27 bits per heavy atom. The maximum absolute atomic E-state index is 8.25. The Hall–Kier alpha value is -1.04. The molecule has 0 amide bonds. The van der Waals surface area contributed by atoms with E-state index < -0.39 is 0 Å². The molecule has 0 saturated carbocycles. The summed E-state index contributed by atoms with van der Waals surface area (Å²) < 4.78 is 0. The van der Waals surface area contributed by atoms with E-state index in [2.05, 4.69) is 11.9 Å². The molecule has 0 aromatic carbocycles. The number of hydrogen-bond donors (Lipinski definition) is 0. The summed E-state index contributed by atoms with van der Waals surface area (Å²) in [7, 11) is 1.95. The maximum Gasteiger partial charge on any atom is 0.207 e. The number of amidine groups is 1. The standard InChI is InChI=1S/C8H15N3/c1-4-5-6-11(3)8(2)10-7-9/h4-6H2,1-3H3. The molecule has 0 aliphatic heterocycles. The van der Waals surface area contributed by atoms with Crippen LogP contribution in [0.4, 0.5) is 0 Å². The van der Waals surface area contributed by atoms with Gasteiger partial charge in [-0.05, 0) is 13.3 Å². The molecule has 0 rings (SSSR count). The van der Waals surface area contributed by atoms with Crippen molar-refractivity contribution in [3.05, 3.63) is 0 Å². The Labute approximate surface area is 68.3 Å². The lowest BCUT2D eigenvalue weighted by atomic mass is 10.3. The largest absolute Gasteiger partial charge is 0.363 e. The Kier molecular flexibility index (Phi) is 5.18. The van der Waals surface area contributed by atoms with E-state index in [-0.39, 0.29) is 0 Å². The van der Waals surface area contributed by atoms with Gasteiger partial charge in [-0.25, -0.2) is 0 Å². The van der Waals surface area contributed by atoms with Crippen LogP contribution in [-0.4, -0.2) is 24.3 Å². The van der Waals surface area contributed by atoms with Gasteiger partial charge < -0.3 is 4.90 Å². The molecular weight excluding hydrogens is 138 g/mol. The van der Waals surface area contributed by atoms with Crippen molar-refractivity contribution in [3.8, 4) is 6.19 Å². The molecule has 0 aromatic rings. The Morgan fingerprint density at radius 3 is 2.73 bits per heavy atom. The summed E-state index contributed by atoms with van der Waals surface area (Å²) in [6.07, 6.45) is 4.09. The minimum atomic E-state index is 0.793. The molecule has 0 aliphatic carbocycles. The first kappa shape index (κ1) is 9.96. The van der Waals surface area contributed by atoms with Gasteiger partial charge >= 0.3 is 0 Å². The van der Waals surface area contributed by atoms with Gasteiger partial charge in [-0.3, -0.25) is 0 Å². The van der Waals surface area contributed by atoms with Gasteiger partial charge in [0.25, 0.3) is 0 Å². The second-order valence-electron chi connectivity index (χ2n) is 2.53. The first-order valence-corrected chi connectivity index (χ1v) is 3.86. The molecule has 0 N–H and O–H groups in total. The van der Waals surface area contributed by atoms with Crippen molar-refractivity contribution in [3.63, 3.8) is 0 Å². The number of rotatable bonds is 3. The lowest BCUT2D eigenvalue weighted by Crippen LogP contribution is -2.24. The lowest BCUT2D eigenvalue weighted by Gasteiger charge is -2.16. The van der Waals surface area contributed by atoms with E-state index in [0.717, 1.165) is 18.8 Å². The van der Waals surface area contributed by atoms with E-state index in [0.29, 0.717) is 0 Å². The van der Waals surface area contributed by atoms with Crippen molar-refractivity contribution in [1.29, 1.82) is 5.26 Å². The van der Waals surface area contributed by atoms with Crippen LogP contribution in [0.5, 0.6) is 0 Å². The van der Waals surface area contributed by atoms with Gasteiger partial charge in [0.15, 0.2) is 0 Å². The smallest absolute Gasteiger partial charge is 0.207 e. The molecule has 62 valence electrons. The fraction of sp³-hybridized carbons (Fsp3) is 0.750. The van der Waals surface area contributed by atoms with Crippen molar-refractivity contribution in [1.82, 2.24) is 4.90 Å². The first-order chi connectivity index (χ1) is 5.22. The molecule has 0 spiro atoms. The van der Waals surface area contributed by atoms with Crippen LogP contribution in [-0.2, 0) is 0 Å². The van der Waals surface area contributed by atoms with Crippen LogP contribution in [0.3, 0.4) is 0 Å². The van der Waals surface area contributed by atoms with E-state index in [1.165, 1.54) is 6.42 Å². The average molecular weight is 153 g/mol. The number of nitrogens with zero attached hydrogens (tertiary/aromatic N) is 3. The topological polar surface area (TPSA) is 39.4 Å². The normalized spacial score (nSPS) is 10.9. The molecule has 0 radical (unpaired) electrons. The van der Waals surface area contributed by atoms with Crippen LogP contribution < -0.4 is 0 Å². The average Bonchev–Trinajstić information content (AvgIpc) is 2.00. The van der Waals surface area contributed by atoms with E-state index in [1.54, 1.807) is 6.19 Å². The summed E-state index contributed by atoms with van der Waals surface area (Å²) >= 11 is 0. The maximum atomic E-state index is 8.25. The molecule has 0 atom stereocenters. The SMILES string of the molecule is CCCCN(C)C(C)=NC#N. The van der Waals surface area contributed by atoms with Crippen molar-refractivity contribution >= 4 is 5.84 Å². The van der Waals surface area contributed by atoms with Gasteiger partial charge in [-0.15, -0.1) is 0 Å². The fourth-order valence-electron chi connectivity index (χ4n) is 0.715. The van der Waals surface area contributed by atoms with Gasteiger partial charge in [0.2, 0.25) is 6.19 Å². The van der Waals surface area contributed by atoms with Crippen molar-refractivity contribution in [2.24, 2.45) is 4.99 Å². The summed E-state index contributed by atoms with van der Waals surface area (Å²) in [4.78, 5) is 5.62. The second kappa shape index (κ2) is 5.72. The van der Waals surface area contributed by atoms with Crippen LogP contribution in [0.15, 0.2) is 4.99 Å². The van der Waals surface area contributed by atoms with Crippen LogP contribution in [0, 0.1) is 11.5 Å². The molecule has 0 saturated heterocycles. The molecule has 0 heterocycles. The molecule has 3 heteroatoms. The Balaban J connectivity index is 3.75. The number of nitriles is 1. The number of hydrogen-bond acceptors (Lipinski definition) is 2. The number of aliphatic imine (C=N–C) groups is 1. The lowest BCUT2D eigenvalue weighted by molar-refractivity contribution is 0.482. The van der Waals surface area contributed by atoms with Crippen LogP contribution in [0.25, 0.3) is 0 Å². The van der Waals surface area contributed by atoms with Crippen LogP contribution in [0.2, 0.25) is 0 Å². The zero-order valence-corrected chi connectivity index (χ0v) is 7.46. The highest BCUT2D eigenvalue weighted by molar-refractivity contribution is 5.80. The van der Waals surface area contributed by atoms with Crippen LogP contribution in [0.1, 0.15) is 26.7 Å². The van der Waals surface area contributed by atoms with E-state index in [4.69, 9.17) is 5.26 Å². The predicted molar refractivity (Wildman–Crippen MR) is 46.3 cm³/mol. The predicted octanol–water partition coefficient (Wildman–Crippen LogP) is 1.62. The quantitative estimate of drug-likeness (QED) is 0.351. The summed E-state index contributed by atoms with van der Waals surface area (Å²) in [6, 6.07) is 0. The zero-order valence-electron chi connectivity index (χ0n) is 7.46. The van der Waals surface area contributed by atoms with E-state index >= 15 is 0 Å². The second-order valence-corrected chi connectivity index (χ2v) is 2.53. The molecule has 0 unspecified atom stereocenters. The van der Waals surface area contributed by atoms with Crippen molar-refractivity contribution < 1.29 is 0 Å². The third-order valence-electron chi connectivity index (χ3n) is 1.61. The minimum absolute atomic E-state index is 0.793. The van der Waals surface area contributed by atoms with Gasteiger partial charge in [0, 0.05) is 13.6 Å². The molecule has 0 aliphatic rings. The molecule has 3 nitrogen and oxygen atoms in total. The molecule has 11 heavy (non-hydrogen) atoms. The summed E-state index contributed by atoms with van der Waals surface area (Å²) in [6.45, 7) is 4.97. The minimum Gasteiger partial charge on any atom is -0.363 e. The third kappa shape index (κ3) is 4.38. The van der Waals surface area contributed by atoms with Crippen molar-refractivity contribution in [2.75, 3.05) is 13.6 Å².